The highest BCUT2D eigenvalue weighted by Crippen LogP contribution is 2.34. The molecule has 2 N–H and O–H groups in total. The van der Waals surface area contributed by atoms with Gasteiger partial charge in [-0.2, -0.15) is 4.72 Å². The molecule has 1 heterocycles. The lowest BCUT2D eigenvalue weighted by Gasteiger charge is -2.26. The summed E-state index contributed by atoms with van der Waals surface area (Å²) in [6.45, 7) is 12.1. The molecule has 1 amide bonds. The van der Waals surface area contributed by atoms with Crippen LogP contribution in [0.2, 0.25) is 0 Å². The quantitative estimate of drug-likeness (QED) is 0.168. The van der Waals surface area contributed by atoms with Gasteiger partial charge in [0.25, 0.3) is 5.91 Å². The molecular formula is C35H40N2O9S. The number of rotatable bonds is 12. The van der Waals surface area contributed by atoms with Crippen molar-refractivity contribution in [2.75, 3.05) is 18.5 Å². The number of hydrogen-bond donors (Lipinski definition) is 2. The number of aryl methyl sites for hydroxylation is 1. The fraction of sp³-hybridized carbons (Fsp3) is 0.343. The van der Waals surface area contributed by atoms with E-state index in [1.54, 1.807) is 103 Å². The summed E-state index contributed by atoms with van der Waals surface area (Å²) in [4.78, 5) is 37.6. The first-order valence-corrected chi connectivity index (χ1v) is 16.7. The Morgan fingerprint density at radius 3 is 2.11 bits per heavy atom. The van der Waals surface area contributed by atoms with Gasteiger partial charge in [-0.15, -0.1) is 0 Å². The summed E-state index contributed by atoms with van der Waals surface area (Å²) < 4.78 is 50.5. The second-order valence-corrected chi connectivity index (χ2v) is 13.9. The molecule has 0 unspecified atom stereocenters. The largest absolute Gasteiger partial charge is 0.481 e. The van der Waals surface area contributed by atoms with Crippen LogP contribution in [-0.4, -0.2) is 51.1 Å². The van der Waals surface area contributed by atoms with Crippen molar-refractivity contribution in [2.24, 2.45) is 5.92 Å². The zero-order chi connectivity index (χ0) is 34.5. The van der Waals surface area contributed by atoms with E-state index >= 15 is 0 Å². The van der Waals surface area contributed by atoms with Crippen molar-refractivity contribution in [1.29, 1.82) is 0 Å². The third kappa shape index (κ3) is 8.78. The van der Waals surface area contributed by atoms with Gasteiger partial charge in [0.2, 0.25) is 10.0 Å². The Hall–Kier alpha value is -4.68. The Labute approximate surface area is 274 Å². The van der Waals surface area contributed by atoms with Crippen LogP contribution in [0.4, 0.5) is 5.69 Å². The number of fused-ring (bicyclic) bond motifs is 1. The van der Waals surface area contributed by atoms with Gasteiger partial charge in [-0.3, -0.25) is 9.59 Å². The molecule has 1 aromatic heterocycles. The van der Waals surface area contributed by atoms with Crippen molar-refractivity contribution < 1.29 is 41.4 Å². The van der Waals surface area contributed by atoms with Crippen LogP contribution in [-0.2, 0) is 29.1 Å². The summed E-state index contributed by atoms with van der Waals surface area (Å²) in [5.41, 5.74) is 2.30. The van der Waals surface area contributed by atoms with Crippen molar-refractivity contribution in [2.45, 2.75) is 65.0 Å². The molecule has 0 aliphatic carbocycles. The van der Waals surface area contributed by atoms with Crippen molar-refractivity contribution in [1.82, 2.24) is 4.72 Å². The number of anilines is 1. The van der Waals surface area contributed by atoms with Crippen LogP contribution in [0.1, 0.15) is 57.7 Å². The molecular weight excluding hydrogens is 624 g/mol. The molecule has 0 aliphatic rings. The summed E-state index contributed by atoms with van der Waals surface area (Å²) in [5.74, 6) is -1.43. The number of sulfonamides is 1. The minimum Gasteiger partial charge on any atom is -0.481 e. The molecule has 0 saturated heterocycles. The van der Waals surface area contributed by atoms with E-state index in [0.29, 0.717) is 28.0 Å². The van der Waals surface area contributed by atoms with Gasteiger partial charge in [0.15, 0.2) is 12.4 Å². The van der Waals surface area contributed by atoms with Gasteiger partial charge in [0.1, 0.15) is 23.0 Å². The summed E-state index contributed by atoms with van der Waals surface area (Å²) in [6.07, 6.45) is 0. The topological polar surface area (TPSA) is 150 Å². The van der Waals surface area contributed by atoms with E-state index in [4.69, 9.17) is 18.6 Å². The summed E-state index contributed by atoms with van der Waals surface area (Å²) in [5, 5.41) is 3.42. The van der Waals surface area contributed by atoms with Gasteiger partial charge >= 0.3 is 11.9 Å². The first kappa shape index (κ1) is 35.2. The second-order valence-electron chi connectivity index (χ2n) is 12.2. The van der Waals surface area contributed by atoms with Crippen molar-refractivity contribution in [3.63, 3.8) is 0 Å². The maximum absolute atomic E-state index is 13.2. The SMILES string of the molecule is CCOC(=O)COc1cccc2oc(C(=O)Nc3ccc(-c4ccc(S(=O)(=O)N[C@H](C(=O)OC(C)(C)C)C(C)C)cc4)cc3)c(C)c12. The smallest absolute Gasteiger partial charge is 0.344 e. The van der Waals surface area contributed by atoms with E-state index in [2.05, 4.69) is 10.0 Å². The Morgan fingerprint density at radius 1 is 0.915 bits per heavy atom. The first-order valence-electron chi connectivity index (χ1n) is 15.2. The molecule has 4 rings (SSSR count). The first-order chi connectivity index (χ1) is 22.1. The van der Waals surface area contributed by atoms with Gasteiger partial charge in [-0.25, -0.2) is 13.2 Å². The van der Waals surface area contributed by atoms with E-state index in [1.807, 2.05) is 0 Å². The summed E-state index contributed by atoms with van der Waals surface area (Å²) >= 11 is 0. The van der Waals surface area contributed by atoms with Gasteiger partial charge in [-0.05, 0) is 88.1 Å². The number of nitrogens with one attached hydrogen (secondary N) is 2. The molecule has 1 atom stereocenters. The fourth-order valence-electron chi connectivity index (χ4n) is 4.76. The highest BCUT2D eigenvalue weighted by atomic mass is 32.2. The van der Waals surface area contributed by atoms with Crippen LogP contribution in [0.25, 0.3) is 22.1 Å². The lowest BCUT2D eigenvalue weighted by molar-refractivity contribution is -0.158. The van der Waals surface area contributed by atoms with Gasteiger partial charge in [0, 0.05) is 11.3 Å². The monoisotopic (exact) mass is 664 g/mol. The lowest BCUT2D eigenvalue weighted by atomic mass is 10.1. The van der Waals surface area contributed by atoms with Crippen LogP contribution < -0.4 is 14.8 Å². The number of ether oxygens (including phenoxy) is 3. The van der Waals surface area contributed by atoms with Crippen LogP contribution in [0.5, 0.6) is 5.75 Å². The highest BCUT2D eigenvalue weighted by molar-refractivity contribution is 7.89. The van der Waals surface area contributed by atoms with E-state index in [0.717, 1.165) is 11.1 Å². The van der Waals surface area contributed by atoms with Gasteiger partial charge in [-0.1, -0.05) is 44.2 Å². The molecule has 0 spiro atoms. The number of esters is 2. The number of carbonyl (C=O) groups excluding carboxylic acids is 3. The number of amides is 1. The van der Waals surface area contributed by atoms with E-state index < -0.39 is 39.5 Å². The number of furan rings is 1. The average molecular weight is 665 g/mol. The molecule has 47 heavy (non-hydrogen) atoms. The molecule has 0 fully saturated rings. The van der Waals surface area contributed by atoms with Gasteiger partial charge in [0.05, 0.1) is 16.9 Å². The predicted octanol–water partition coefficient (Wildman–Crippen LogP) is 6.25. The zero-order valence-electron chi connectivity index (χ0n) is 27.5. The normalized spacial score (nSPS) is 12.5. The fourth-order valence-corrected chi connectivity index (χ4v) is 6.09. The van der Waals surface area contributed by atoms with E-state index in [9.17, 15) is 22.8 Å². The van der Waals surface area contributed by atoms with E-state index in [-0.39, 0.29) is 29.8 Å². The van der Waals surface area contributed by atoms with Crippen LogP contribution in [0.3, 0.4) is 0 Å². The van der Waals surface area contributed by atoms with Crippen molar-refractivity contribution in [3.05, 3.63) is 78.1 Å². The average Bonchev–Trinajstić information content (AvgIpc) is 3.35. The standard InChI is InChI=1S/C35H40N2O9S/c1-8-43-29(38)20-44-27-10-9-11-28-30(27)22(4)32(45-28)33(39)36-25-16-12-23(13-17-25)24-14-18-26(19-15-24)47(41,42)37-31(21(2)3)34(40)46-35(5,6)7/h9-19,21,31,37H,8,20H2,1-7H3,(H,36,39)/t31-/m0/s1. The highest BCUT2D eigenvalue weighted by Gasteiger charge is 2.32. The van der Waals surface area contributed by atoms with E-state index in [1.165, 1.54) is 12.1 Å². The Kier molecular flexibility index (Phi) is 10.8. The van der Waals surface area contributed by atoms with Crippen molar-refractivity contribution >= 4 is 44.5 Å². The molecule has 11 nitrogen and oxygen atoms in total. The number of hydrogen-bond acceptors (Lipinski definition) is 9. The predicted molar refractivity (Wildman–Crippen MR) is 178 cm³/mol. The number of carbonyl (C=O) groups is 3. The van der Waals surface area contributed by atoms with Crippen LogP contribution >= 0.6 is 0 Å². The Balaban J connectivity index is 1.45. The molecule has 0 bridgehead atoms. The third-order valence-corrected chi connectivity index (χ3v) is 8.48. The molecule has 250 valence electrons. The Morgan fingerprint density at radius 2 is 1.53 bits per heavy atom. The Bertz CT molecular complexity index is 1850. The second kappa shape index (κ2) is 14.4. The summed E-state index contributed by atoms with van der Waals surface area (Å²) in [6, 6.07) is 17.4. The number of benzene rings is 3. The molecule has 0 saturated carbocycles. The van der Waals surface area contributed by atoms with Crippen molar-refractivity contribution in [3.8, 4) is 16.9 Å². The lowest BCUT2D eigenvalue weighted by Crippen LogP contribution is -2.47. The van der Waals surface area contributed by atoms with Crippen LogP contribution in [0.15, 0.2) is 76.0 Å². The summed E-state index contributed by atoms with van der Waals surface area (Å²) in [7, 11) is -4.01. The minimum atomic E-state index is -4.01. The molecule has 0 radical (unpaired) electrons. The maximum atomic E-state index is 13.2. The van der Waals surface area contributed by atoms with Crippen LogP contribution in [0, 0.1) is 12.8 Å². The molecule has 12 heteroatoms. The van der Waals surface area contributed by atoms with Gasteiger partial charge < -0.3 is 23.9 Å². The molecule has 3 aromatic carbocycles. The minimum absolute atomic E-state index is 0.00926. The molecule has 0 aliphatic heterocycles. The third-order valence-electron chi connectivity index (χ3n) is 7.02. The maximum Gasteiger partial charge on any atom is 0.344 e. The zero-order valence-corrected chi connectivity index (χ0v) is 28.3. The molecule has 4 aromatic rings.